The Hall–Kier alpha value is -0.613. The molecular formula is C11H18F3LiN2O6S2. The summed E-state index contributed by atoms with van der Waals surface area (Å²) in [7, 11) is -11.0. The largest absolute Gasteiger partial charge is 1.00 e. The molecule has 1 heterocycles. The van der Waals surface area contributed by atoms with E-state index in [1.807, 2.05) is 0 Å². The van der Waals surface area contributed by atoms with Gasteiger partial charge in [0.15, 0.2) is 0 Å². The molecule has 1 N–H and O–H groups in total. The van der Waals surface area contributed by atoms with Gasteiger partial charge in [-0.2, -0.15) is 13.2 Å². The van der Waals surface area contributed by atoms with Crippen LogP contribution < -0.4 is 23.0 Å². The molecule has 2 amide bonds. The number of hydrogen-bond acceptors (Lipinski definition) is 6. The molecule has 0 bridgehead atoms. The van der Waals surface area contributed by atoms with Crippen LogP contribution in [0.25, 0.3) is 0 Å². The van der Waals surface area contributed by atoms with Gasteiger partial charge >= 0.3 is 34.4 Å². The molecule has 25 heavy (non-hydrogen) atoms. The maximum absolute atomic E-state index is 12.2. The van der Waals surface area contributed by atoms with Gasteiger partial charge in [-0.3, -0.25) is 14.5 Å². The number of alkyl halides is 3. The number of sulfonamides is 2. The average molecular weight is 402 g/mol. The van der Waals surface area contributed by atoms with E-state index in [4.69, 9.17) is 0 Å². The van der Waals surface area contributed by atoms with Crippen LogP contribution in [0.1, 0.15) is 28.1 Å². The summed E-state index contributed by atoms with van der Waals surface area (Å²) in [5.74, 6) is -3.66. The molecule has 2 unspecified atom stereocenters. The first-order valence-electron chi connectivity index (χ1n) is 6.91. The van der Waals surface area contributed by atoms with Crippen LogP contribution in [0.5, 0.6) is 0 Å². The van der Waals surface area contributed by atoms with Gasteiger partial charge in [0, 0.05) is 18.4 Å². The molecule has 0 saturated carbocycles. The summed E-state index contributed by atoms with van der Waals surface area (Å²) < 4.78 is 81.8. The number of imide groups is 1. The predicted octanol–water partition coefficient (Wildman–Crippen LogP) is -2.71. The molecule has 0 aromatic rings. The first-order chi connectivity index (χ1) is 10.7. The fraction of sp³-hybridized carbons (Fsp3) is 0.818. The third-order valence-corrected chi connectivity index (χ3v) is 6.79. The monoisotopic (exact) mass is 402 g/mol. The first kappa shape index (κ1) is 24.4. The third-order valence-electron chi connectivity index (χ3n) is 3.57. The van der Waals surface area contributed by atoms with Crippen molar-refractivity contribution in [3.63, 3.8) is 0 Å². The number of hydrogen-bond donors (Lipinski definition) is 1. The number of amides is 2. The second-order valence-electron chi connectivity index (χ2n) is 5.36. The van der Waals surface area contributed by atoms with Crippen LogP contribution in [0.3, 0.4) is 0 Å². The number of likely N-dealkylation sites (tertiary alicyclic amines) is 1. The third kappa shape index (κ3) is 5.68. The van der Waals surface area contributed by atoms with Crippen LogP contribution in [-0.2, 0) is 29.6 Å². The summed E-state index contributed by atoms with van der Waals surface area (Å²) in [6.45, 7) is 2.58. The Bertz CT molecular complexity index is 729. The van der Waals surface area contributed by atoms with E-state index < -0.39 is 61.5 Å². The van der Waals surface area contributed by atoms with Gasteiger partial charge in [0.05, 0.1) is 5.75 Å². The molecule has 1 rings (SSSR count). The predicted molar refractivity (Wildman–Crippen MR) is 77.3 cm³/mol. The molecule has 0 aromatic heterocycles. The van der Waals surface area contributed by atoms with Crippen molar-refractivity contribution in [3.05, 3.63) is 0 Å². The van der Waals surface area contributed by atoms with Crippen molar-refractivity contribution >= 4 is 31.9 Å². The molecule has 1 aliphatic heterocycles. The van der Waals surface area contributed by atoms with Gasteiger partial charge in [0.25, 0.3) is 0 Å². The summed E-state index contributed by atoms with van der Waals surface area (Å²) in [6.07, 6.45) is 1.03. The van der Waals surface area contributed by atoms with Crippen LogP contribution in [-0.4, -0.2) is 51.4 Å². The van der Waals surface area contributed by atoms with E-state index in [-0.39, 0.29) is 20.3 Å². The summed E-state index contributed by atoms with van der Waals surface area (Å²) in [4.78, 5) is 24.7. The molecule has 0 aromatic carbocycles. The summed E-state index contributed by atoms with van der Waals surface area (Å²) >= 11 is 0. The fourth-order valence-electron chi connectivity index (χ4n) is 2.31. The van der Waals surface area contributed by atoms with Crippen molar-refractivity contribution < 1.29 is 59.9 Å². The number of nitrogens with zero attached hydrogens (tertiary/aromatic N) is 1. The van der Waals surface area contributed by atoms with Gasteiger partial charge in [-0.15, -0.1) is 4.13 Å². The standard InChI is InChI=1S/C11H17F3N2O6S2.Li.H/c1-3-4-8-7(2)9(17)16(10(8)18)5-6-23(19,20)15-24(21,22)11(12,13)14;;/h7-8,15H,3-6H2,1-2H3;;/q;+1;-1. The van der Waals surface area contributed by atoms with Crippen molar-refractivity contribution in [1.82, 2.24) is 9.03 Å². The van der Waals surface area contributed by atoms with Crippen molar-refractivity contribution in [2.75, 3.05) is 12.3 Å². The Morgan fingerprint density at radius 1 is 1.16 bits per heavy atom. The van der Waals surface area contributed by atoms with E-state index in [9.17, 15) is 39.6 Å². The average Bonchev–Trinajstić information content (AvgIpc) is 2.59. The molecule has 8 nitrogen and oxygen atoms in total. The molecular weight excluding hydrogens is 384 g/mol. The van der Waals surface area contributed by atoms with E-state index in [0.717, 1.165) is 0 Å². The van der Waals surface area contributed by atoms with Gasteiger partial charge in [-0.1, -0.05) is 20.3 Å². The Labute approximate surface area is 157 Å². The van der Waals surface area contributed by atoms with Gasteiger partial charge in [0.2, 0.25) is 21.8 Å². The zero-order valence-corrected chi connectivity index (χ0v) is 15.5. The van der Waals surface area contributed by atoms with E-state index in [1.165, 1.54) is 6.92 Å². The summed E-state index contributed by atoms with van der Waals surface area (Å²) in [5, 5.41) is 0. The summed E-state index contributed by atoms with van der Waals surface area (Å²) in [5.41, 5.74) is -5.79. The number of rotatable bonds is 7. The molecule has 142 valence electrons. The van der Waals surface area contributed by atoms with Crippen molar-refractivity contribution in [2.45, 2.75) is 32.2 Å². The van der Waals surface area contributed by atoms with Crippen LogP contribution in [0.15, 0.2) is 0 Å². The van der Waals surface area contributed by atoms with E-state index in [0.29, 0.717) is 21.9 Å². The minimum Gasteiger partial charge on any atom is -1.00 e. The SMILES string of the molecule is CCCC1C(=O)N(CCS(=O)(=O)NS(=O)(=O)C(F)(F)F)C(=O)C1C.[H-].[Li+]. The zero-order valence-electron chi connectivity index (χ0n) is 14.8. The number of nitrogens with one attached hydrogen (secondary N) is 1. The van der Waals surface area contributed by atoms with Crippen LogP contribution >= 0.6 is 0 Å². The van der Waals surface area contributed by atoms with Gasteiger partial charge in [0.1, 0.15) is 0 Å². The van der Waals surface area contributed by atoms with Gasteiger partial charge < -0.3 is 1.43 Å². The van der Waals surface area contributed by atoms with Crippen molar-refractivity contribution in [1.29, 1.82) is 0 Å². The number of carbonyl (C=O) groups is 2. The molecule has 2 atom stereocenters. The molecule has 1 saturated heterocycles. The first-order valence-corrected chi connectivity index (χ1v) is 10.0. The minimum atomic E-state index is -6.08. The Morgan fingerprint density at radius 2 is 1.68 bits per heavy atom. The Morgan fingerprint density at radius 3 is 2.12 bits per heavy atom. The van der Waals surface area contributed by atoms with Gasteiger partial charge in [-0.25, -0.2) is 16.8 Å². The quantitative estimate of drug-likeness (QED) is 0.366. The number of halogens is 3. The van der Waals surface area contributed by atoms with Crippen LogP contribution in [0, 0.1) is 11.8 Å². The molecule has 1 aliphatic rings. The van der Waals surface area contributed by atoms with Crippen molar-refractivity contribution in [3.8, 4) is 0 Å². The van der Waals surface area contributed by atoms with Gasteiger partial charge in [-0.05, 0) is 6.42 Å². The summed E-state index contributed by atoms with van der Waals surface area (Å²) in [6, 6.07) is 0. The molecule has 14 heteroatoms. The van der Waals surface area contributed by atoms with E-state index in [2.05, 4.69) is 0 Å². The topological polar surface area (TPSA) is 118 Å². The Kier molecular flexibility index (Phi) is 8.18. The Balaban J connectivity index is 0. The number of carbonyl (C=O) groups excluding carboxylic acids is 2. The molecule has 0 radical (unpaired) electrons. The van der Waals surface area contributed by atoms with Crippen LogP contribution in [0.2, 0.25) is 0 Å². The normalized spacial score (nSPS) is 22.2. The van der Waals surface area contributed by atoms with E-state index in [1.54, 1.807) is 6.92 Å². The molecule has 0 aliphatic carbocycles. The second-order valence-corrected chi connectivity index (χ2v) is 9.14. The minimum absolute atomic E-state index is 0. The molecule has 1 fully saturated rings. The van der Waals surface area contributed by atoms with Crippen LogP contribution in [0.4, 0.5) is 13.2 Å². The molecule has 0 spiro atoms. The maximum Gasteiger partial charge on any atom is 1.00 e. The second kappa shape index (κ2) is 8.39. The van der Waals surface area contributed by atoms with Crippen molar-refractivity contribution in [2.24, 2.45) is 11.8 Å². The smallest absolute Gasteiger partial charge is 1.00 e. The zero-order chi connectivity index (χ0) is 18.9. The maximum atomic E-state index is 12.2. The van der Waals surface area contributed by atoms with E-state index >= 15 is 0 Å². The fourth-order valence-corrected chi connectivity index (χ4v) is 4.78.